The van der Waals surface area contributed by atoms with Crippen molar-refractivity contribution in [2.45, 2.75) is 26.2 Å². The number of esters is 1. The van der Waals surface area contributed by atoms with E-state index in [1.54, 1.807) is 0 Å². The summed E-state index contributed by atoms with van der Waals surface area (Å²) in [4.78, 5) is 11.5. The summed E-state index contributed by atoms with van der Waals surface area (Å²) < 4.78 is 4.74. The van der Waals surface area contributed by atoms with Gasteiger partial charge in [0.05, 0.1) is 12.7 Å². The fourth-order valence-electron chi connectivity index (χ4n) is 1.43. The van der Waals surface area contributed by atoms with Gasteiger partial charge in [-0.05, 0) is 24.5 Å². The Kier molecular flexibility index (Phi) is 5.84. The second-order valence-corrected chi connectivity index (χ2v) is 3.77. The van der Waals surface area contributed by atoms with Crippen molar-refractivity contribution in [3.63, 3.8) is 0 Å². The second-order valence-electron chi connectivity index (χ2n) is 3.77. The first-order valence-electron chi connectivity index (χ1n) is 5.87. The topological polar surface area (TPSA) is 26.3 Å². The van der Waals surface area contributed by atoms with E-state index in [0.29, 0.717) is 12.0 Å². The molecule has 1 aromatic rings. The Morgan fingerprint density at radius 1 is 1.35 bits per heavy atom. The van der Waals surface area contributed by atoms with Gasteiger partial charge in [0.2, 0.25) is 0 Å². The average molecular weight is 230 g/mol. The molecule has 17 heavy (non-hydrogen) atoms. The van der Waals surface area contributed by atoms with Crippen molar-refractivity contribution in [3.05, 3.63) is 47.2 Å². The molecule has 2 nitrogen and oxygen atoms in total. The van der Waals surface area contributed by atoms with Crippen LogP contribution in [0.25, 0.3) is 6.08 Å². The molecule has 0 aliphatic carbocycles. The van der Waals surface area contributed by atoms with Gasteiger partial charge in [0.15, 0.2) is 0 Å². The molecule has 1 aromatic carbocycles. The predicted molar refractivity (Wildman–Crippen MR) is 69.5 cm³/mol. The lowest BCUT2D eigenvalue weighted by molar-refractivity contribution is -0.136. The first-order valence-corrected chi connectivity index (χ1v) is 5.87. The van der Waals surface area contributed by atoms with Gasteiger partial charge in [-0.2, -0.15) is 0 Å². The molecule has 0 spiro atoms. The lowest BCUT2D eigenvalue weighted by atomic mass is 10.1. The van der Waals surface area contributed by atoms with E-state index in [1.165, 1.54) is 7.11 Å². The summed E-state index contributed by atoms with van der Waals surface area (Å²) in [7, 11) is 1.40. The van der Waals surface area contributed by atoms with E-state index in [1.807, 2.05) is 36.4 Å². The lowest BCUT2D eigenvalue weighted by Gasteiger charge is -2.00. The van der Waals surface area contributed by atoms with Gasteiger partial charge in [-0.15, -0.1) is 5.73 Å². The highest BCUT2D eigenvalue weighted by Crippen LogP contribution is 2.09. The maximum atomic E-state index is 11.5. The Bertz CT molecular complexity index is 412. The Hall–Kier alpha value is -1.79. The summed E-state index contributed by atoms with van der Waals surface area (Å²) in [6, 6.07) is 9.82. The molecule has 0 radical (unpaired) electrons. The number of hydrogen-bond donors (Lipinski definition) is 0. The smallest absolute Gasteiger partial charge is 0.341 e. The molecule has 0 heterocycles. The molecule has 0 aromatic heterocycles. The van der Waals surface area contributed by atoms with Crippen LogP contribution in [0.1, 0.15) is 31.7 Å². The van der Waals surface area contributed by atoms with Gasteiger partial charge in [0.1, 0.15) is 0 Å². The maximum absolute atomic E-state index is 11.5. The highest BCUT2D eigenvalue weighted by Gasteiger charge is 2.07. The molecule has 0 bridgehead atoms. The summed E-state index contributed by atoms with van der Waals surface area (Å²) in [6.45, 7) is 2.09. The Balaban J connectivity index is 2.88. The molecule has 0 saturated heterocycles. The summed E-state index contributed by atoms with van der Waals surface area (Å²) in [5, 5.41) is 0. The fraction of sp³-hybridized carbons (Fsp3) is 0.333. The largest absolute Gasteiger partial charge is 0.465 e. The molecule has 0 atom stereocenters. The van der Waals surface area contributed by atoms with E-state index >= 15 is 0 Å². The molecule has 2 heteroatoms. The zero-order valence-electron chi connectivity index (χ0n) is 10.4. The van der Waals surface area contributed by atoms with Gasteiger partial charge in [-0.25, -0.2) is 4.79 Å². The van der Waals surface area contributed by atoms with E-state index in [2.05, 4.69) is 12.7 Å². The lowest BCUT2D eigenvalue weighted by Crippen LogP contribution is -2.03. The molecule has 0 amide bonds. The van der Waals surface area contributed by atoms with Crippen molar-refractivity contribution in [1.29, 1.82) is 0 Å². The number of carbonyl (C=O) groups excluding carboxylic acids is 1. The third-order valence-corrected chi connectivity index (χ3v) is 2.42. The van der Waals surface area contributed by atoms with Crippen LogP contribution in [-0.2, 0) is 9.53 Å². The quantitative estimate of drug-likeness (QED) is 0.439. The van der Waals surface area contributed by atoms with Crippen LogP contribution in [0.5, 0.6) is 0 Å². The van der Waals surface area contributed by atoms with Gasteiger partial charge < -0.3 is 4.74 Å². The molecular formula is C15H18O2. The minimum absolute atomic E-state index is 0.286. The van der Waals surface area contributed by atoms with Crippen LogP contribution in [0.3, 0.4) is 0 Å². The van der Waals surface area contributed by atoms with E-state index in [-0.39, 0.29) is 5.97 Å². The Morgan fingerprint density at radius 3 is 2.65 bits per heavy atom. The summed E-state index contributed by atoms with van der Waals surface area (Å²) in [5.74, 6) is -0.286. The van der Waals surface area contributed by atoms with Crippen molar-refractivity contribution in [2.24, 2.45) is 0 Å². The SMILES string of the molecule is CCCCC(=C=Cc1ccccc1)C(=O)OC. The second kappa shape index (κ2) is 7.48. The standard InChI is InChI=1S/C15H18O2/c1-3-4-10-14(15(16)17-2)12-11-13-8-6-5-7-9-13/h5-9,11H,3-4,10H2,1-2H3. The van der Waals surface area contributed by atoms with Crippen LogP contribution < -0.4 is 0 Å². The van der Waals surface area contributed by atoms with Crippen LogP contribution in [0, 0.1) is 0 Å². The van der Waals surface area contributed by atoms with Crippen molar-refractivity contribution in [2.75, 3.05) is 7.11 Å². The molecule has 90 valence electrons. The number of rotatable bonds is 5. The first-order chi connectivity index (χ1) is 8.27. The van der Waals surface area contributed by atoms with Crippen LogP contribution in [0.15, 0.2) is 41.6 Å². The molecule has 1 rings (SSSR count). The Morgan fingerprint density at radius 2 is 2.06 bits per heavy atom. The highest BCUT2D eigenvalue weighted by atomic mass is 16.5. The average Bonchev–Trinajstić information content (AvgIpc) is 2.39. The zero-order valence-corrected chi connectivity index (χ0v) is 10.4. The number of ether oxygens (including phenoxy) is 1. The molecular weight excluding hydrogens is 212 g/mol. The van der Waals surface area contributed by atoms with Crippen LogP contribution >= 0.6 is 0 Å². The maximum Gasteiger partial charge on any atom is 0.341 e. The number of benzene rings is 1. The summed E-state index contributed by atoms with van der Waals surface area (Å²) >= 11 is 0. The minimum Gasteiger partial charge on any atom is -0.465 e. The van der Waals surface area contributed by atoms with E-state index in [9.17, 15) is 4.79 Å². The molecule has 0 fully saturated rings. The third kappa shape index (κ3) is 4.71. The monoisotopic (exact) mass is 230 g/mol. The predicted octanol–water partition coefficient (Wildman–Crippen LogP) is 3.59. The molecule has 0 saturated carbocycles. The van der Waals surface area contributed by atoms with Crippen molar-refractivity contribution in [3.8, 4) is 0 Å². The summed E-state index contributed by atoms with van der Waals surface area (Å²) in [6.07, 6.45) is 4.56. The number of carbonyl (C=O) groups is 1. The highest BCUT2D eigenvalue weighted by molar-refractivity contribution is 5.88. The number of methoxy groups -OCH3 is 1. The van der Waals surface area contributed by atoms with Crippen LogP contribution in [0.4, 0.5) is 0 Å². The van der Waals surface area contributed by atoms with Crippen molar-refractivity contribution < 1.29 is 9.53 Å². The van der Waals surface area contributed by atoms with Gasteiger partial charge in [0.25, 0.3) is 0 Å². The van der Waals surface area contributed by atoms with Gasteiger partial charge in [-0.3, -0.25) is 0 Å². The third-order valence-electron chi connectivity index (χ3n) is 2.42. The number of hydrogen-bond acceptors (Lipinski definition) is 2. The van der Waals surface area contributed by atoms with Gasteiger partial charge >= 0.3 is 5.97 Å². The first kappa shape index (κ1) is 13.3. The van der Waals surface area contributed by atoms with Crippen LogP contribution in [-0.4, -0.2) is 13.1 Å². The van der Waals surface area contributed by atoms with Gasteiger partial charge in [-0.1, -0.05) is 43.7 Å². The van der Waals surface area contributed by atoms with E-state index < -0.39 is 0 Å². The normalized spacial score (nSPS) is 9.29. The molecule has 0 unspecified atom stereocenters. The molecule has 0 N–H and O–H groups in total. The van der Waals surface area contributed by atoms with Crippen molar-refractivity contribution >= 4 is 12.0 Å². The fourth-order valence-corrected chi connectivity index (χ4v) is 1.43. The van der Waals surface area contributed by atoms with E-state index in [4.69, 9.17) is 4.74 Å². The van der Waals surface area contributed by atoms with Crippen LogP contribution in [0.2, 0.25) is 0 Å². The summed E-state index contributed by atoms with van der Waals surface area (Å²) in [5.41, 5.74) is 4.68. The minimum atomic E-state index is -0.286. The van der Waals surface area contributed by atoms with Gasteiger partial charge in [0, 0.05) is 0 Å². The molecule has 0 aliphatic rings. The zero-order chi connectivity index (χ0) is 12.5. The Labute approximate surface area is 103 Å². The number of unbranched alkanes of at least 4 members (excludes halogenated alkanes) is 1. The van der Waals surface area contributed by atoms with E-state index in [0.717, 1.165) is 18.4 Å². The van der Waals surface area contributed by atoms with Crippen molar-refractivity contribution in [1.82, 2.24) is 0 Å². The molecule has 0 aliphatic heterocycles.